The fourth-order valence-electron chi connectivity index (χ4n) is 2.24. The van der Waals surface area contributed by atoms with Crippen molar-refractivity contribution < 1.29 is 4.79 Å². The Morgan fingerprint density at radius 3 is 2.52 bits per heavy atom. The van der Waals surface area contributed by atoms with Crippen LogP contribution in [0.15, 0.2) is 36.7 Å². The molecule has 1 aromatic carbocycles. The van der Waals surface area contributed by atoms with Gasteiger partial charge in [-0.25, -0.2) is 4.98 Å². The van der Waals surface area contributed by atoms with Crippen molar-refractivity contribution in [2.24, 2.45) is 0 Å². The zero-order valence-corrected chi connectivity index (χ0v) is 12.6. The molecule has 0 aliphatic heterocycles. The Labute approximate surface area is 125 Å². The lowest BCUT2D eigenvalue weighted by Gasteiger charge is -2.21. The Bertz CT molecular complexity index is 544. The second kappa shape index (κ2) is 7.47. The molecule has 2 rings (SSSR count). The van der Waals surface area contributed by atoms with Crippen LogP contribution in [-0.2, 0) is 6.42 Å². The molecule has 1 heterocycles. The Hall–Kier alpha value is -2.30. The van der Waals surface area contributed by atoms with Gasteiger partial charge in [0, 0.05) is 49.7 Å². The summed E-state index contributed by atoms with van der Waals surface area (Å²) in [6.07, 6.45) is 4.20. The van der Waals surface area contributed by atoms with Crippen molar-refractivity contribution in [1.82, 2.24) is 15.3 Å². The van der Waals surface area contributed by atoms with Crippen LogP contribution in [-0.4, -0.2) is 35.5 Å². The van der Waals surface area contributed by atoms with E-state index in [-0.39, 0.29) is 5.91 Å². The van der Waals surface area contributed by atoms with Crippen LogP contribution >= 0.6 is 0 Å². The van der Waals surface area contributed by atoms with Gasteiger partial charge in [0.25, 0.3) is 5.91 Å². The van der Waals surface area contributed by atoms with E-state index < -0.39 is 0 Å². The lowest BCUT2D eigenvalue weighted by Crippen LogP contribution is -2.26. The van der Waals surface area contributed by atoms with Crippen LogP contribution < -0.4 is 10.2 Å². The summed E-state index contributed by atoms with van der Waals surface area (Å²) in [6, 6.07) is 7.73. The van der Waals surface area contributed by atoms with Gasteiger partial charge >= 0.3 is 0 Å². The van der Waals surface area contributed by atoms with E-state index in [1.165, 1.54) is 0 Å². The summed E-state index contributed by atoms with van der Waals surface area (Å²) in [5.41, 5.74) is 1.83. The van der Waals surface area contributed by atoms with Gasteiger partial charge in [-0.05, 0) is 38.1 Å². The zero-order valence-electron chi connectivity index (χ0n) is 12.6. The molecule has 0 fully saturated rings. The first-order valence-electron chi connectivity index (χ1n) is 7.36. The highest BCUT2D eigenvalue weighted by Crippen LogP contribution is 2.14. The number of aromatic amines is 1. The van der Waals surface area contributed by atoms with E-state index in [1.807, 2.05) is 24.3 Å². The summed E-state index contributed by atoms with van der Waals surface area (Å²) < 4.78 is 0. The topological polar surface area (TPSA) is 61.0 Å². The molecule has 0 saturated heterocycles. The first-order valence-corrected chi connectivity index (χ1v) is 7.36. The largest absolute Gasteiger partial charge is 0.372 e. The zero-order chi connectivity index (χ0) is 15.1. The molecule has 1 amide bonds. The molecule has 2 aromatic rings. The third-order valence-electron chi connectivity index (χ3n) is 3.46. The predicted molar refractivity (Wildman–Crippen MR) is 84.6 cm³/mol. The highest BCUT2D eigenvalue weighted by molar-refractivity contribution is 5.94. The van der Waals surface area contributed by atoms with Gasteiger partial charge in [0.15, 0.2) is 0 Å². The van der Waals surface area contributed by atoms with Crippen molar-refractivity contribution in [1.29, 1.82) is 0 Å². The molecule has 0 unspecified atom stereocenters. The third kappa shape index (κ3) is 4.08. The molecule has 0 aliphatic rings. The highest BCUT2D eigenvalue weighted by atomic mass is 16.1. The van der Waals surface area contributed by atoms with E-state index in [2.05, 4.69) is 34.0 Å². The quantitative estimate of drug-likeness (QED) is 0.820. The molecular formula is C16H22N4O. The van der Waals surface area contributed by atoms with Crippen molar-refractivity contribution in [2.75, 3.05) is 24.5 Å². The van der Waals surface area contributed by atoms with Gasteiger partial charge in [0.2, 0.25) is 0 Å². The van der Waals surface area contributed by atoms with Gasteiger partial charge in [-0.1, -0.05) is 0 Å². The van der Waals surface area contributed by atoms with Crippen LogP contribution in [0.3, 0.4) is 0 Å². The molecule has 5 heteroatoms. The molecule has 0 spiro atoms. The maximum atomic E-state index is 12.0. The molecule has 1 aromatic heterocycles. The summed E-state index contributed by atoms with van der Waals surface area (Å²) in [6.45, 7) is 6.75. The maximum absolute atomic E-state index is 12.0. The van der Waals surface area contributed by atoms with E-state index >= 15 is 0 Å². The average molecular weight is 286 g/mol. The van der Waals surface area contributed by atoms with Crippen molar-refractivity contribution in [3.05, 3.63) is 48.0 Å². The number of benzene rings is 1. The SMILES string of the molecule is CCN(CC)c1ccc(C(=O)NCCc2ncc[nH]2)cc1. The molecule has 112 valence electrons. The molecular weight excluding hydrogens is 264 g/mol. The van der Waals surface area contributed by atoms with E-state index in [1.54, 1.807) is 12.4 Å². The van der Waals surface area contributed by atoms with Crippen LogP contribution in [0, 0.1) is 0 Å². The minimum absolute atomic E-state index is 0.0485. The van der Waals surface area contributed by atoms with E-state index in [4.69, 9.17) is 0 Å². The monoisotopic (exact) mass is 286 g/mol. The lowest BCUT2D eigenvalue weighted by molar-refractivity contribution is 0.0954. The van der Waals surface area contributed by atoms with E-state index in [0.29, 0.717) is 18.5 Å². The second-order valence-electron chi connectivity index (χ2n) is 4.76. The number of hydrogen-bond acceptors (Lipinski definition) is 3. The van der Waals surface area contributed by atoms with Crippen molar-refractivity contribution in [2.45, 2.75) is 20.3 Å². The molecule has 0 aliphatic carbocycles. The normalized spacial score (nSPS) is 10.4. The summed E-state index contributed by atoms with van der Waals surface area (Å²) in [5, 5.41) is 2.90. The molecule has 0 bridgehead atoms. The number of imidazole rings is 1. The van der Waals surface area contributed by atoms with Gasteiger partial charge in [-0.15, -0.1) is 0 Å². The van der Waals surface area contributed by atoms with Crippen LogP contribution in [0.4, 0.5) is 5.69 Å². The highest BCUT2D eigenvalue weighted by Gasteiger charge is 2.07. The van der Waals surface area contributed by atoms with Crippen molar-refractivity contribution in [3.63, 3.8) is 0 Å². The average Bonchev–Trinajstić information content (AvgIpc) is 3.02. The number of hydrogen-bond donors (Lipinski definition) is 2. The summed E-state index contributed by atoms with van der Waals surface area (Å²) >= 11 is 0. The Morgan fingerprint density at radius 1 is 1.24 bits per heavy atom. The van der Waals surface area contributed by atoms with Gasteiger partial charge in [-0.3, -0.25) is 4.79 Å². The van der Waals surface area contributed by atoms with Crippen molar-refractivity contribution >= 4 is 11.6 Å². The standard InChI is InChI=1S/C16H22N4O/c1-3-20(4-2)14-7-5-13(6-8-14)16(21)19-10-9-15-17-11-12-18-15/h5-8,11-12H,3-4,9-10H2,1-2H3,(H,17,18)(H,19,21). The number of amides is 1. The van der Waals surface area contributed by atoms with Gasteiger partial charge in [-0.2, -0.15) is 0 Å². The summed E-state index contributed by atoms with van der Waals surface area (Å²) in [7, 11) is 0. The first kappa shape index (κ1) is 15.1. The predicted octanol–water partition coefficient (Wildman–Crippen LogP) is 2.23. The van der Waals surface area contributed by atoms with E-state index in [0.717, 1.165) is 24.6 Å². The van der Waals surface area contributed by atoms with Crippen LogP contribution in [0.5, 0.6) is 0 Å². The Balaban J connectivity index is 1.87. The number of H-pyrrole nitrogens is 1. The smallest absolute Gasteiger partial charge is 0.251 e. The molecule has 21 heavy (non-hydrogen) atoms. The third-order valence-corrected chi connectivity index (χ3v) is 3.46. The number of carbonyl (C=O) groups is 1. The number of nitrogens with one attached hydrogen (secondary N) is 2. The number of rotatable bonds is 7. The van der Waals surface area contributed by atoms with Crippen molar-refractivity contribution in [3.8, 4) is 0 Å². The number of anilines is 1. The molecule has 0 saturated carbocycles. The number of aromatic nitrogens is 2. The van der Waals surface area contributed by atoms with Gasteiger partial charge in [0.05, 0.1) is 0 Å². The first-order chi connectivity index (χ1) is 10.2. The lowest BCUT2D eigenvalue weighted by atomic mass is 10.2. The number of nitrogens with zero attached hydrogens (tertiary/aromatic N) is 2. The summed E-state index contributed by atoms with van der Waals surface area (Å²) in [5.74, 6) is 0.833. The Kier molecular flexibility index (Phi) is 5.37. The van der Waals surface area contributed by atoms with Crippen LogP contribution in [0.2, 0.25) is 0 Å². The van der Waals surface area contributed by atoms with E-state index in [9.17, 15) is 4.79 Å². The maximum Gasteiger partial charge on any atom is 0.251 e. The summed E-state index contributed by atoms with van der Waals surface area (Å²) in [4.78, 5) is 21.4. The second-order valence-corrected chi connectivity index (χ2v) is 4.76. The fraction of sp³-hybridized carbons (Fsp3) is 0.375. The molecule has 0 radical (unpaired) electrons. The number of carbonyl (C=O) groups excluding carboxylic acids is 1. The molecule has 2 N–H and O–H groups in total. The molecule has 5 nitrogen and oxygen atoms in total. The van der Waals surface area contributed by atoms with Crippen LogP contribution in [0.1, 0.15) is 30.0 Å². The van der Waals surface area contributed by atoms with Gasteiger partial charge < -0.3 is 15.2 Å². The minimum atomic E-state index is -0.0485. The van der Waals surface area contributed by atoms with Crippen LogP contribution in [0.25, 0.3) is 0 Å². The Morgan fingerprint density at radius 2 is 1.95 bits per heavy atom. The molecule has 0 atom stereocenters. The fourth-order valence-corrected chi connectivity index (χ4v) is 2.24. The van der Waals surface area contributed by atoms with Gasteiger partial charge in [0.1, 0.15) is 5.82 Å². The minimum Gasteiger partial charge on any atom is -0.372 e.